The van der Waals surface area contributed by atoms with E-state index in [0.29, 0.717) is 30.3 Å². The third-order valence-electron chi connectivity index (χ3n) is 4.85. The lowest BCUT2D eigenvalue weighted by atomic mass is 10.2. The molecule has 2 aliphatic heterocycles. The third-order valence-corrected chi connectivity index (χ3v) is 7.16. The van der Waals surface area contributed by atoms with E-state index in [2.05, 4.69) is 4.36 Å². The Morgan fingerprint density at radius 3 is 2.66 bits per heavy atom. The van der Waals surface area contributed by atoms with Crippen LogP contribution in [0.25, 0.3) is 0 Å². The van der Waals surface area contributed by atoms with Crippen LogP contribution in [0.5, 0.6) is 0 Å². The fourth-order valence-corrected chi connectivity index (χ4v) is 4.77. The average Bonchev–Trinajstić information content (AvgIpc) is 3.07. The van der Waals surface area contributed by atoms with E-state index in [9.17, 15) is 27.0 Å². The van der Waals surface area contributed by atoms with Gasteiger partial charge < -0.3 is 15.0 Å². The number of carbonyl (C=O) groups is 2. The van der Waals surface area contributed by atoms with Crippen LogP contribution in [0.1, 0.15) is 0 Å². The Labute approximate surface area is 166 Å². The van der Waals surface area contributed by atoms with Crippen molar-refractivity contribution in [1.29, 1.82) is 0 Å². The zero-order chi connectivity index (χ0) is 21.2. The highest BCUT2D eigenvalue weighted by molar-refractivity contribution is 7.93. The Morgan fingerprint density at radius 1 is 1.38 bits per heavy atom. The first-order chi connectivity index (χ1) is 13.7. The van der Waals surface area contributed by atoms with Gasteiger partial charge in [-0.1, -0.05) is 0 Å². The van der Waals surface area contributed by atoms with Gasteiger partial charge >= 0.3 is 12.5 Å². The topological polar surface area (TPSA) is 91.3 Å². The second kappa shape index (κ2) is 8.47. The van der Waals surface area contributed by atoms with Crippen molar-refractivity contribution in [2.75, 3.05) is 54.5 Å². The minimum absolute atomic E-state index is 0.00901. The predicted octanol–water partition coefficient (Wildman–Crippen LogP) is 1.45. The highest BCUT2D eigenvalue weighted by atomic mass is 32.2. The SMILES string of the molecule is CN=S1(=O)CCN(c2ccc(N3CC(CNC(=O)C(F)F)OC3=O)cc2F)CC1. The summed E-state index contributed by atoms with van der Waals surface area (Å²) in [6, 6.07) is 4.27. The molecular weight excluding hydrogens is 413 g/mol. The first kappa shape index (κ1) is 21.2. The number of anilines is 2. The van der Waals surface area contributed by atoms with Gasteiger partial charge in [-0.05, 0) is 18.2 Å². The number of nitrogens with zero attached hydrogens (tertiary/aromatic N) is 3. The number of amides is 2. The lowest BCUT2D eigenvalue weighted by Crippen LogP contribution is -2.40. The fraction of sp³-hybridized carbons (Fsp3) is 0.529. The molecule has 1 aromatic rings. The zero-order valence-electron chi connectivity index (χ0n) is 15.6. The van der Waals surface area contributed by atoms with Gasteiger partial charge in [0, 0.05) is 41.4 Å². The number of nitrogens with one attached hydrogen (secondary N) is 1. The maximum absolute atomic E-state index is 14.7. The molecule has 2 heterocycles. The molecule has 2 fully saturated rings. The van der Waals surface area contributed by atoms with Crippen molar-refractivity contribution in [3.05, 3.63) is 24.0 Å². The van der Waals surface area contributed by atoms with Crippen molar-refractivity contribution in [3.63, 3.8) is 0 Å². The van der Waals surface area contributed by atoms with Gasteiger partial charge in [0.15, 0.2) is 0 Å². The second-order valence-electron chi connectivity index (χ2n) is 6.65. The van der Waals surface area contributed by atoms with E-state index in [1.807, 2.05) is 5.32 Å². The summed E-state index contributed by atoms with van der Waals surface area (Å²) < 4.78 is 60.3. The molecule has 3 rings (SSSR count). The number of hydrogen-bond donors (Lipinski definition) is 1. The van der Waals surface area contributed by atoms with E-state index < -0.39 is 40.1 Å². The Bertz CT molecular complexity index is 906. The molecule has 0 aromatic heterocycles. The molecule has 29 heavy (non-hydrogen) atoms. The molecule has 0 saturated carbocycles. The molecule has 12 heteroatoms. The van der Waals surface area contributed by atoms with Crippen LogP contribution in [0.3, 0.4) is 0 Å². The van der Waals surface area contributed by atoms with Crippen molar-refractivity contribution in [1.82, 2.24) is 5.32 Å². The van der Waals surface area contributed by atoms with E-state index in [1.165, 1.54) is 24.1 Å². The number of hydrogen-bond acceptors (Lipinski definition) is 6. The first-order valence-electron chi connectivity index (χ1n) is 8.91. The van der Waals surface area contributed by atoms with E-state index in [4.69, 9.17) is 4.74 Å². The summed E-state index contributed by atoms with van der Waals surface area (Å²) in [5.41, 5.74) is 0.586. The predicted molar refractivity (Wildman–Crippen MR) is 101 cm³/mol. The van der Waals surface area contributed by atoms with Crippen LogP contribution in [0, 0.1) is 5.82 Å². The molecule has 0 spiro atoms. The number of alkyl halides is 2. The molecule has 0 radical (unpaired) electrons. The summed E-state index contributed by atoms with van der Waals surface area (Å²) >= 11 is 0. The van der Waals surface area contributed by atoms with Crippen LogP contribution in [-0.4, -0.2) is 73.5 Å². The van der Waals surface area contributed by atoms with Crippen LogP contribution in [0.2, 0.25) is 0 Å². The summed E-state index contributed by atoms with van der Waals surface area (Å²) in [4.78, 5) is 25.9. The van der Waals surface area contributed by atoms with Gasteiger partial charge in [0.1, 0.15) is 11.9 Å². The van der Waals surface area contributed by atoms with Gasteiger partial charge in [0.25, 0.3) is 5.91 Å². The van der Waals surface area contributed by atoms with Crippen LogP contribution < -0.4 is 15.1 Å². The monoisotopic (exact) mass is 434 g/mol. The van der Waals surface area contributed by atoms with E-state index in [1.54, 1.807) is 11.0 Å². The summed E-state index contributed by atoms with van der Waals surface area (Å²) in [5.74, 6) is -1.28. The van der Waals surface area contributed by atoms with Crippen molar-refractivity contribution >= 4 is 33.1 Å². The molecule has 2 aliphatic rings. The van der Waals surface area contributed by atoms with Crippen molar-refractivity contribution in [3.8, 4) is 0 Å². The maximum Gasteiger partial charge on any atom is 0.414 e. The van der Waals surface area contributed by atoms with Crippen molar-refractivity contribution in [2.45, 2.75) is 12.5 Å². The average molecular weight is 434 g/mol. The quantitative estimate of drug-likeness (QED) is 0.758. The van der Waals surface area contributed by atoms with E-state index in [0.717, 1.165) is 0 Å². The Hall–Kier alpha value is -2.50. The standard InChI is InChI=1S/C17H21F3N4O4S/c1-21-29(27)6-4-23(5-7-29)14-3-2-11(8-13(14)18)24-10-12(28-17(24)26)9-22-16(25)15(19)20/h2-3,8,12,15H,4-7,9-10H2,1H3,(H,22,25). The van der Waals surface area contributed by atoms with Gasteiger partial charge in [0.05, 0.1) is 24.5 Å². The second-order valence-corrected chi connectivity index (χ2v) is 9.38. The zero-order valence-corrected chi connectivity index (χ0v) is 16.5. The summed E-state index contributed by atoms with van der Waals surface area (Å²) in [6.45, 7) is 0.542. The largest absolute Gasteiger partial charge is 0.442 e. The van der Waals surface area contributed by atoms with Gasteiger partial charge in [-0.25, -0.2) is 17.8 Å². The first-order valence-corrected chi connectivity index (χ1v) is 10.8. The smallest absolute Gasteiger partial charge is 0.414 e. The molecule has 2 amide bonds. The minimum atomic E-state index is -3.15. The number of rotatable bonds is 5. The van der Waals surface area contributed by atoms with Gasteiger partial charge in [-0.15, -0.1) is 0 Å². The van der Waals surface area contributed by atoms with Gasteiger partial charge in [0.2, 0.25) is 0 Å². The van der Waals surface area contributed by atoms with Crippen LogP contribution in [0.15, 0.2) is 22.6 Å². The Balaban J connectivity index is 1.65. The van der Waals surface area contributed by atoms with Crippen LogP contribution >= 0.6 is 0 Å². The van der Waals surface area contributed by atoms with Crippen LogP contribution in [-0.2, 0) is 19.3 Å². The molecule has 0 bridgehead atoms. The number of ether oxygens (including phenoxy) is 1. The highest BCUT2D eigenvalue weighted by Crippen LogP contribution is 2.28. The Morgan fingerprint density at radius 2 is 2.07 bits per heavy atom. The number of carbonyl (C=O) groups excluding carboxylic acids is 2. The van der Waals surface area contributed by atoms with E-state index >= 15 is 0 Å². The van der Waals surface area contributed by atoms with Crippen LogP contribution in [0.4, 0.5) is 29.3 Å². The molecule has 1 N–H and O–H groups in total. The lowest BCUT2D eigenvalue weighted by Gasteiger charge is -2.31. The highest BCUT2D eigenvalue weighted by Gasteiger charge is 2.33. The molecule has 160 valence electrons. The Kier molecular flexibility index (Phi) is 6.20. The van der Waals surface area contributed by atoms with Crippen molar-refractivity contribution in [2.24, 2.45) is 4.36 Å². The maximum atomic E-state index is 14.7. The normalized spacial score (nSPS) is 21.3. The summed E-state index contributed by atoms with van der Waals surface area (Å²) in [5, 5.41) is 1.99. The lowest BCUT2D eigenvalue weighted by molar-refractivity contribution is -0.132. The van der Waals surface area contributed by atoms with Crippen molar-refractivity contribution < 1.29 is 31.7 Å². The minimum Gasteiger partial charge on any atom is -0.442 e. The number of halogens is 3. The molecule has 1 unspecified atom stereocenters. The number of cyclic esters (lactones) is 1. The molecular formula is C17H21F3N4O4S. The summed E-state index contributed by atoms with van der Waals surface area (Å²) in [7, 11) is -0.697. The molecule has 2 saturated heterocycles. The van der Waals surface area contributed by atoms with Gasteiger partial charge in [-0.3, -0.25) is 9.69 Å². The number of benzene rings is 1. The summed E-state index contributed by atoms with van der Waals surface area (Å²) in [6.07, 6.45) is -4.73. The van der Waals surface area contributed by atoms with E-state index in [-0.39, 0.29) is 18.8 Å². The molecule has 8 nitrogen and oxygen atoms in total. The molecule has 1 atom stereocenters. The third kappa shape index (κ3) is 4.74. The fourth-order valence-electron chi connectivity index (χ4n) is 3.19. The van der Waals surface area contributed by atoms with Gasteiger partial charge in [-0.2, -0.15) is 8.78 Å². The molecule has 0 aliphatic carbocycles. The molecule has 1 aromatic carbocycles.